The van der Waals surface area contributed by atoms with E-state index in [-0.39, 0.29) is 0 Å². The number of rotatable bonds is 7. The fraction of sp³-hybridized carbons (Fsp3) is 0.727. The highest BCUT2D eigenvalue weighted by molar-refractivity contribution is 6.04. The highest BCUT2D eigenvalue weighted by Crippen LogP contribution is 1.98. The minimum absolute atomic E-state index is 0.502. The van der Waals surface area contributed by atoms with Crippen molar-refractivity contribution >= 4 is 11.6 Å². The Kier molecular flexibility index (Phi) is 7.14. The van der Waals surface area contributed by atoms with Crippen molar-refractivity contribution in [3.8, 4) is 6.07 Å². The van der Waals surface area contributed by atoms with Crippen molar-refractivity contribution in [3.63, 3.8) is 0 Å². The molecule has 0 radical (unpaired) electrons. The molecule has 1 unspecified atom stereocenters. The summed E-state index contributed by atoms with van der Waals surface area (Å²) in [5, 5.41) is 8.73. The van der Waals surface area contributed by atoms with E-state index in [1.165, 1.54) is 0 Å². The highest BCUT2D eigenvalue weighted by Gasteiger charge is 2.17. The van der Waals surface area contributed by atoms with Crippen molar-refractivity contribution in [2.24, 2.45) is 16.6 Å². The predicted octanol–water partition coefficient (Wildman–Crippen LogP) is 0.414. The van der Waals surface area contributed by atoms with Gasteiger partial charge in [0, 0.05) is 12.3 Å². The van der Waals surface area contributed by atoms with E-state index < -0.39 is 11.8 Å². The molecular weight excluding hydrogens is 204 g/mol. The van der Waals surface area contributed by atoms with Gasteiger partial charge in [-0.2, -0.15) is 5.26 Å². The molecule has 0 saturated carbocycles. The lowest BCUT2D eigenvalue weighted by atomic mass is 10.1. The number of carbonyl (C=O) groups is 1. The lowest BCUT2D eigenvalue weighted by Crippen LogP contribution is -2.29. The molecule has 0 aliphatic rings. The quantitative estimate of drug-likeness (QED) is 0.636. The molecule has 0 aliphatic carbocycles. The monoisotopic (exact) mass is 224 g/mol. The molecule has 1 amide bonds. The molecule has 16 heavy (non-hydrogen) atoms. The van der Waals surface area contributed by atoms with Gasteiger partial charge >= 0.3 is 0 Å². The molecule has 0 spiro atoms. The maximum absolute atomic E-state index is 10.9. The molecule has 90 valence electrons. The first-order chi connectivity index (χ1) is 7.56. The van der Waals surface area contributed by atoms with Gasteiger partial charge in [-0.05, 0) is 20.0 Å². The SMILES string of the molecule is CCN(CC)CCN=C(C)C(C#N)C(N)=O. The summed E-state index contributed by atoms with van der Waals surface area (Å²) in [6.07, 6.45) is 0. The van der Waals surface area contributed by atoms with Crippen molar-refractivity contribution in [3.05, 3.63) is 0 Å². The zero-order chi connectivity index (χ0) is 12.6. The fourth-order valence-corrected chi connectivity index (χ4v) is 1.36. The number of carbonyl (C=O) groups excluding carboxylic acids is 1. The summed E-state index contributed by atoms with van der Waals surface area (Å²) in [5.74, 6) is -1.52. The topological polar surface area (TPSA) is 82.5 Å². The molecule has 0 aromatic heterocycles. The summed E-state index contributed by atoms with van der Waals surface area (Å²) in [4.78, 5) is 17.3. The van der Waals surface area contributed by atoms with Gasteiger partial charge in [0.05, 0.1) is 12.6 Å². The number of hydrogen-bond acceptors (Lipinski definition) is 4. The number of primary amides is 1. The summed E-state index contributed by atoms with van der Waals surface area (Å²) in [5.41, 5.74) is 5.58. The molecule has 0 rings (SSSR count). The second-order valence-corrected chi connectivity index (χ2v) is 3.51. The molecule has 0 aromatic carbocycles. The van der Waals surface area contributed by atoms with Gasteiger partial charge in [0.15, 0.2) is 5.92 Å². The first kappa shape index (κ1) is 14.6. The average Bonchev–Trinajstić information content (AvgIpc) is 2.25. The molecule has 0 fully saturated rings. The summed E-state index contributed by atoms with van der Waals surface area (Å²) >= 11 is 0. The Morgan fingerprint density at radius 2 is 2.06 bits per heavy atom. The van der Waals surface area contributed by atoms with Crippen LogP contribution >= 0.6 is 0 Å². The third-order valence-electron chi connectivity index (χ3n) is 2.50. The molecule has 0 saturated heterocycles. The smallest absolute Gasteiger partial charge is 0.240 e. The van der Waals surface area contributed by atoms with Crippen molar-refractivity contribution in [2.75, 3.05) is 26.2 Å². The van der Waals surface area contributed by atoms with Crippen LogP contribution in [-0.4, -0.2) is 42.7 Å². The molecule has 5 nitrogen and oxygen atoms in total. The van der Waals surface area contributed by atoms with Gasteiger partial charge in [-0.25, -0.2) is 0 Å². The van der Waals surface area contributed by atoms with Crippen LogP contribution in [0.2, 0.25) is 0 Å². The number of nitrogens with two attached hydrogens (primary N) is 1. The molecule has 0 aliphatic heterocycles. The maximum atomic E-state index is 10.9. The summed E-state index contributed by atoms with van der Waals surface area (Å²) in [6.45, 7) is 9.22. The van der Waals surface area contributed by atoms with E-state index in [1.54, 1.807) is 6.92 Å². The Hall–Kier alpha value is -1.41. The molecule has 0 aromatic rings. The van der Waals surface area contributed by atoms with E-state index in [1.807, 2.05) is 6.07 Å². The molecular formula is C11H20N4O. The Balaban J connectivity index is 4.23. The normalized spacial score (nSPS) is 13.6. The third-order valence-corrected chi connectivity index (χ3v) is 2.50. The van der Waals surface area contributed by atoms with E-state index >= 15 is 0 Å². The van der Waals surface area contributed by atoms with Gasteiger partial charge in [-0.15, -0.1) is 0 Å². The standard InChI is InChI=1S/C11H20N4O/c1-4-15(5-2)7-6-14-9(3)10(8-12)11(13)16/h10H,4-7H2,1-3H3,(H2,13,16). The Morgan fingerprint density at radius 3 is 2.44 bits per heavy atom. The Labute approximate surface area is 96.9 Å². The van der Waals surface area contributed by atoms with Crippen LogP contribution in [0, 0.1) is 17.2 Å². The third kappa shape index (κ3) is 4.89. The van der Waals surface area contributed by atoms with Gasteiger partial charge in [-0.3, -0.25) is 9.79 Å². The summed E-state index contributed by atoms with van der Waals surface area (Å²) in [7, 11) is 0. The molecule has 0 heterocycles. The molecule has 5 heteroatoms. The van der Waals surface area contributed by atoms with E-state index in [0.29, 0.717) is 12.3 Å². The predicted molar refractivity (Wildman–Crippen MR) is 64.1 cm³/mol. The number of likely N-dealkylation sites (N-methyl/N-ethyl adjacent to an activating group) is 1. The first-order valence-electron chi connectivity index (χ1n) is 5.49. The summed E-state index contributed by atoms with van der Waals surface area (Å²) < 4.78 is 0. The van der Waals surface area contributed by atoms with Crippen LogP contribution in [0.3, 0.4) is 0 Å². The van der Waals surface area contributed by atoms with Gasteiger partial charge in [0.2, 0.25) is 5.91 Å². The van der Waals surface area contributed by atoms with E-state index in [4.69, 9.17) is 11.0 Å². The second-order valence-electron chi connectivity index (χ2n) is 3.51. The lowest BCUT2D eigenvalue weighted by Gasteiger charge is -2.16. The minimum atomic E-state index is -0.892. The van der Waals surface area contributed by atoms with Gasteiger partial charge in [0.1, 0.15) is 0 Å². The zero-order valence-corrected chi connectivity index (χ0v) is 10.2. The van der Waals surface area contributed by atoms with Crippen LogP contribution in [0.25, 0.3) is 0 Å². The van der Waals surface area contributed by atoms with Gasteiger partial charge in [-0.1, -0.05) is 13.8 Å². The number of aliphatic imine (C=N–C) groups is 1. The van der Waals surface area contributed by atoms with Gasteiger partial charge < -0.3 is 10.6 Å². The molecule has 0 bridgehead atoms. The highest BCUT2D eigenvalue weighted by atomic mass is 16.1. The lowest BCUT2D eigenvalue weighted by molar-refractivity contribution is -0.118. The Morgan fingerprint density at radius 1 is 1.50 bits per heavy atom. The average molecular weight is 224 g/mol. The van der Waals surface area contributed by atoms with Crippen LogP contribution in [0.15, 0.2) is 4.99 Å². The number of nitriles is 1. The summed E-state index contributed by atoms with van der Waals surface area (Å²) in [6, 6.07) is 1.85. The van der Waals surface area contributed by atoms with Crippen LogP contribution in [0.5, 0.6) is 0 Å². The van der Waals surface area contributed by atoms with E-state index in [0.717, 1.165) is 19.6 Å². The second kappa shape index (κ2) is 7.83. The largest absolute Gasteiger partial charge is 0.368 e. The zero-order valence-electron chi connectivity index (χ0n) is 10.2. The van der Waals surface area contributed by atoms with E-state index in [9.17, 15) is 4.79 Å². The molecule has 1 atom stereocenters. The van der Waals surface area contributed by atoms with Crippen LogP contribution in [0.1, 0.15) is 20.8 Å². The number of hydrogen-bond donors (Lipinski definition) is 1. The minimum Gasteiger partial charge on any atom is -0.368 e. The van der Waals surface area contributed by atoms with E-state index in [2.05, 4.69) is 23.7 Å². The van der Waals surface area contributed by atoms with Crippen LogP contribution in [0.4, 0.5) is 0 Å². The Bertz CT molecular complexity index is 289. The van der Waals surface area contributed by atoms with Crippen LogP contribution in [-0.2, 0) is 4.79 Å². The number of amides is 1. The maximum Gasteiger partial charge on any atom is 0.240 e. The van der Waals surface area contributed by atoms with Crippen molar-refractivity contribution in [1.29, 1.82) is 5.26 Å². The van der Waals surface area contributed by atoms with Crippen LogP contribution < -0.4 is 5.73 Å². The van der Waals surface area contributed by atoms with Gasteiger partial charge in [0.25, 0.3) is 0 Å². The first-order valence-corrected chi connectivity index (χ1v) is 5.49. The van der Waals surface area contributed by atoms with Crippen molar-refractivity contribution < 1.29 is 4.79 Å². The van der Waals surface area contributed by atoms with Crippen molar-refractivity contribution in [1.82, 2.24) is 4.90 Å². The fourth-order valence-electron chi connectivity index (χ4n) is 1.36. The molecule has 2 N–H and O–H groups in total. The number of nitrogens with zero attached hydrogens (tertiary/aromatic N) is 3. The van der Waals surface area contributed by atoms with Crippen molar-refractivity contribution in [2.45, 2.75) is 20.8 Å².